The van der Waals surface area contributed by atoms with Gasteiger partial charge in [-0.2, -0.15) is 0 Å². The van der Waals surface area contributed by atoms with Crippen molar-refractivity contribution >= 4 is 29.0 Å². The average molecular weight is 426 g/mol. The number of carbonyl (C=O) groups excluding carboxylic acids is 1. The minimum Gasteiger partial charge on any atom is -0.379 e. The minimum atomic E-state index is -0.423. The summed E-state index contributed by atoms with van der Waals surface area (Å²) in [6.45, 7) is 10.0. The van der Waals surface area contributed by atoms with Gasteiger partial charge in [-0.05, 0) is 26.0 Å². The Kier molecular flexibility index (Phi) is 6.81. The summed E-state index contributed by atoms with van der Waals surface area (Å²) >= 11 is 5.90. The molecule has 160 valence electrons. The van der Waals surface area contributed by atoms with Crippen LogP contribution in [0, 0.1) is 10.1 Å². The van der Waals surface area contributed by atoms with Crippen LogP contribution in [-0.4, -0.2) is 85.3 Å². The number of hydrogen-bond acceptors (Lipinski definition) is 6. The van der Waals surface area contributed by atoms with Gasteiger partial charge in [0, 0.05) is 62.4 Å². The number of piperazine rings is 1. The number of rotatable bonds is 5. The zero-order chi connectivity index (χ0) is 21.0. The molecular weight excluding hydrogens is 398 g/mol. The zero-order valence-electron chi connectivity index (χ0n) is 16.9. The largest absolute Gasteiger partial charge is 0.379 e. The molecule has 0 atom stereocenters. The van der Waals surface area contributed by atoms with E-state index in [4.69, 9.17) is 16.3 Å². The number of morpholine rings is 1. The monoisotopic (exact) mass is 425 g/mol. The van der Waals surface area contributed by atoms with Crippen molar-refractivity contribution in [3.63, 3.8) is 0 Å². The molecule has 0 aromatic heterocycles. The Bertz CT molecular complexity index is 746. The van der Waals surface area contributed by atoms with Crippen molar-refractivity contribution in [1.82, 2.24) is 15.1 Å². The minimum absolute atomic E-state index is 0.0114. The van der Waals surface area contributed by atoms with E-state index in [9.17, 15) is 14.9 Å². The molecule has 0 spiro atoms. The summed E-state index contributed by atoms with van der Waals surface area (Å²) in [4.78, 5) is 29.5. The van der Waals surface area contributed by atoms with Gasteiger partial charge < -0.3 is 19.9 Å². The Balaban J connectivity index is 1.53. The third-order valence-corrected chi connectivity index (χ3v) is 5.82. The average Bonchev–Trinajstić information content (AvgIpc) is 2.73. The van der Waals surface area contributed by atoms with Crippen molar-refractivity contribution in [2.24, 2.45) is 0 Å². The summed E-state index contributed by atoms with van der Waals surface area (Å²) in [5.41, 5.74) is 0.376. The predicted molar refractivity (Wildman–Crippen MR) is 112 cm³/mol. The van der Waals surface area contributed by atoms with E-state index < -0.39 is 4.92 Å². The van der Waals surface area contributed by atoms with Crippen LogP contribution in [0.5, 0.6) is 0 Å². The van der Waals surface area contributed by atoms with Crippen LogP contribution in [0.4, 0.5) is 16.2 Å². The van der Waals surface area contributed by atoms with Gasteiger partial charge in [0.05, 0.1) is 18.1 Å². The lowest BCUT2D eigenvalue weighted by atomic mass is 10.0. The molecule has 9 nitrogen and oxygen atoms in total. The van der Waals surface area contributed by atoms with E-state index in [0.29, 0.717) is 43.4 Å². The molecule has 0 unspecified atom stereocenters. The van der Waals surface area contributed by atoms with Crippen molar-refractivity contribution < 1.29 is 14.5 Å². The summed E-state index contributed by atoms with van der Waals surface area (Å²) < 4.78 is 5.40. The molecule has 2 saturated heterocycles. The fraction of sp³-hybridized carbons (Fsp3) is 0.632. The molecule has 29 heavy (non-hydrogen) atoms. The maximum Gasteiger partial charge on any atom is 0.317 e. The van der Waals surface area contributed by atoms with Gasteiger partial charge in [0.15, 0.2) is 0 Å². The first-order chi connectivity index (χ1) is 13.8. The number of ether oxygens (including phenoxy) is 1. The molecule has 2 heterocycles. The van der Waals surface area contributed by atoms with Gasteiger partial charge >= 0.3 is 6.03 Å². The van der Waals surface area contributed by atoms with Crippen LogP contribution in [0.1, 0.15) is 13.8 Å². The second kappa shape index (κ2) is 9.15. The molecule has 2 amide bonds. The number of amides is 2. The summed E-state index contributed by atoms with van der Waals surface area (Å²) in [5.74, 6) is 0. The van der Waals surface area contributed by atoms with E-state index in [2.05, 4.69) is 24.1 Å². The fourth-order valence-corrected chi connectivity index (χ4v) is 3.91. The Morgan fingerprint density at radius 3 is 2.48 bits per heavy atom. The zero-order valence-corrected chi connectivity index (χ0v) is 17.7. The Morgan fingerprint density at radius 2 is 1.86 bits per heavy atom. The highest BCUT2D eigenvalue weighted by Gasteiger charge is 2.30. The molecule has 1 aromatic rings. The number of carbonyl (C=O) groups is 1. The lowest BCUT2D eigenvalue weighted by Gasteiger charge is -2.41. The Hall–Kier alpha value is -2.10. The molecule has 0 saturated carbocycles. The van der Waals surface area contributed by atoms with Crippen molar-refractivity contribution in [2.75, 3.05) is 63.9 Å². The SMILES string of the molecule is CC(C)(CNC(=O)N1CCN(c2ccc(Cl)cc2[N+](=O)[O-])CC1)N1CCOCC1. The molecule has 0 bridgehead atoms. The van der Waals surface area contributed by atoms with E-state index in [1.807, 2.05) is 4.90 Å². The first kappa shape index (κ1) is 21.6. The van der Waals surface area contributed by atoms with Crippen LogP contribution in [0.2, 0.25) is 5.02 Å². The lowest BCUT2D eigenvalue weighted by Crippen LogP contribution is -2.58. The van der Waals surface area contributed by atoms with Gasteiger partial charge in [0.1, 0.15) is 5.69 Å². The second-order valence-electron chi connectivity index (χ2n) is 7.93. The number of anilines is 1. The lowest BCUT2D eigenvalue weighted by molar-refractivity contribution is -0.384. The molecule has 2 aliphatic rings. The maximum atomic E-state index is 12.6. The highest BCUT2D eigenvalue weighted by atomic mass is 35.5. The standard InChI is InChI=1S/C19H28ClN5O4/c1-19(2,24-9-11-29-12-10-24)14-21-18(26)23-7-5-22(6-8-23)16-4-3-15(20)13-17(16)25(27)28/h3-4,13H,5-12,14H2,1-2H3,(H,21,26). The van der Waals surface area contributed by atoms with Gasteiger partial charge in [0.25, 0.3) is 5.69 Å². The maximum absolute atomic E-state index is 12.6. The van der Waals surface area contributed by atoms with Crippen LogP contribution in [0.25, 0.3) is 0 Å². The summed E-state index contributed by atoms with van der Waals surface area (Å²) in [6, 6.07) is 4.58. The van der Waals surface area contributed by atoms with E-state index in [-0.39, 0.29) is 17.3 Å². The van der Waals surface area contributed by atoms with Gasteiger partial charge in [-0.15, -0.1) is 0 Å². The summed E-state index contributed by atoms with van der Waals surface area (Å²) in [5, 5.41) is 14.7. The number of halogens is 1. The molecule has 10 heteroatoms. The van der Waals surface area contributed by atoms with Crippen LogP contribution in [-0.2, 0) is 4.74 Å². The molecule has 1 aromatic carbocycles. The Labute approximate surface area is 175 Å². The number of nitro benzene ring substituents is 1. The number of nitro groups is 1. The predicted octanol–water partition coefficient (Wildman–Crippen LogP) is 2.19. The van der Waals surface area contributed by atoms with Crippen molar-refractivity contribution in [1.29, 1.82) is 0 Å². The molecule has 0 aliphatic carbocycles. The van der Waals surface area contributed by atoms with E-state index in [0.717, 1.165) is 26.3 Å². The normalized spacial score (nSPS) is 18.6. The summed E-state index contributed by atoms with van der Waals surface area (Å²) in [6.07, 6.45) is 0. The number of urea groups is 1. The van der Waals surface area contributed by atoms with Crippen molar-refractivity contribution in [2.45, 2.75) is 19.4 Å². The topological polar surface area (TPSA) is 91.2 Å². The van der Waals surface area contributed by atoms with Crippen LogP contribution in [0.15, 0.2) is 18.2 Å². The second-order valence-corrected chi connectivity index (χ2v) is 8.37. The number of benzene rings is 1. The fourth-order valence-electron chi connectivity index (χ4n) is 3.74. The highest BCUT2D eigenvalue weighted by molar-refractivity contribution is 6.30. The van der Waals surface area contributed by atoms with Crippen molar-refractivity contribution in [3.05, 3.63) is 33.3 Å². The number of nitrogens with zero attached hydrogens (tertiary/aromatic N) is 4. The number of nitrogens with one attached hydrogen (secondary N) is 1. The van der Waals surface area contributed by atoms with Crippen LogP contribution < -0.4 is 10.2 Å². The van der Waals surface area contributed by atoms with Gasteiger partial charge in [0.2, 0.25) is 0 Å². The summed E-state index contributed by atoms with van der Waals surface area (Å²) in [7, 11) is 0. The Morgan fingerprint density at radius 1 is 1.21 bits per heavy atom. The quantitative estimate of drug-likeness (QED) is 0.574. The molecule has 2 aliphatic heterocycles. The highest BCUT2D eigenvalue weighted by Crippen LogP contribution is 2.31. The van der Waals surface area contributed by atoms with Crippen molar-refractivity contribution in [3.8, 4) is 0 Å². The first-order valence-electron chi connectivity index (χ1n) is 9.82. The van der Waals surface area contributed by atoms with E-state index in [1.54, 1.807) is 17.0 Å². The van der Waals surface area contributed by atoms with Gasteiger partial charge in [-0.25, -0.2) is 4.79 Å². The van der Waals surface area contributed by atoms with Crippen LogP contribution >= 0.6 is 11.6 Å². The van der Waals surface area contributed by atoms with Gasteiger partial charge in [-0.3, -0.25) is 15.0 Å². The first-order valence-corrected chi connectivity index (χ1v) is 10.2. The van der Waals surface area contributed by atoms with Crippen LogP contribution in [0.3, 0.4) is 0 Å². The molecule has 1 N–H and O–H groups in total. The third-order valence-electron chi connectivity index (χ3n) is 5.58. The molecule has 2 fully saturated rings. The van der Waals surface area contributed by atoms with E-state index in [1.165, 1.54) is 6.07 Å². The molecule has 0 radical (unpaired) electrons. The smallest absolute Gasteiger partial charge is 0.317 e. The molecular formula is C19H28ClN5O4. The van der Waals surface area contributed by atoms with E-state index >= 15 is 0 Å². The number of hydrogen-bond donors (Lipinski definition) is 1. The molecule has 3 rings (SSSR count). The third kappa shape index (κ3) is 5.29. The van der Waals surface area contributed by atoms with Gasteiger partial charge in [-0.1, -0.05) is 11.6 Å².